The average Bonchev–Trinajstić information content (AvgIpc) is 2.31. The van der Waals surface area contributed by atoms with Crippen LogP contribution in [0.2, 0.25) is 0 Å². The molecule has 3 atom stereocenters. The number of amides is 2. The summed E-state index contributed by atoms with van der Waals surface area (Å²) in [5.41, 5.74) is 5.67. The molecule has 5 nitrogen and oxygen atoms in total. The van der Waals surface area contributed by atoms with Crippen LogP contribution in [0.15, 0.2) is 0 Å². The molecule has 4 N–H and O–H groups in total. The number of piperidine rings is 1. The normalized spacial score (nSPS) is 23.1. The van der Waals surface area contributed by atoms with Crippen molar-refractivity contribution in [2.24, 2.45) is 11.7 Å². The first-order valence-corrected chi connectivity index (χ1v) is 6.84. The summed E-state index contributed by atoms with van der Waals surface area (Å²) in [6, 6.07) is -0.161. The van der Waals surface area contributed by atoms with Crippen molar-refractivity contribution >= 4 is 11.8 Å². The van der Waals surface area contributed by atoms with Gasteiger partial charge in [0, 0.05) is 18.5 Å². The molecule has 0 aliphatic carbocycles. The maximum absolute atomic E-state index is 11.9. The van der Waals surface area contributed by atoms with E-state index in [2.05, 4.69) is 10.6 Å². The third-order valence-corrected chi connectivity index (χ3v) is 3.35. The van der Waals surface area contributed by atoms with Crippen molar-refractivity contribution in [2.45, 2.75) is 58.0 Å². The lowest BCUT2D eigenvalue weighted by Gasteiger charge is -2.24. The van der Waals surface area contributed by atoms with Crippen LogP contribution >= 0.6 is 0 Å². The summed E-state index contributed by atoms with van der Waals surface area (Å²) in [6.07, 6.45) is 4.37. The minimum absolute atomic E-state index is 0.0262. The molecule has 1 saturated heterocycles. The first-order valence-electron chi connectivity index (χ1n) is 6.84. The molecule has 0 saturated carbocycles. The molecule has 0 radical (unpaired) electrons. The predicted molar refractivity (Wildman–Crippen MR) is 70.8 cm³/mol. The average molecular weight is 255 g/mol. The van der Waals surface area contributed by atoms with Gasteiger partial charge in [0.15, 0.2) is 0 Å². The summed E-state index contributed by atoms with van der Waals surface area (Å²) in [6.45, 7) is 4.59. The molecule has 0 spiro atoms. The minimum atomic E-state index is -0.345. The fraction of sp³-hybridized carbons (Fsp3) is 0.846. The lowest BCUT2D eigenvalue weighted by Crippen LogP contribution is -2.51. The van der Waals surface area contributed by atoms with E-state index in [4.69, 9.17) is 5.73 Å². The second-order valence-electron chi connectivity index (χ2n) is 5.30. The van der Waals surface area contributed by atoms with Crippen LogP contribution in [0, 0.1) is 5.92 Å². The fourth-order valence-electron chi connectivity index (χ4n) is 2.10. The molecule has 0 aromatic rings. The number of carbonyl (C=O) groups is 2. The van der Waals surface area contributed by atoms with E-state index in [0.29, 0.717) is 0 Å². The summed E-state index contributed by atoms with van der Waals surface area (Å²) >= 11 is 0. The monoisotopic (exact) mass is 255 g/mol. The number of nitrogens with two attached hydrogens (primary N) is 1. The zero-order valence-corrected chi connectivity index (χ0v) is 11.4. The molecular formula is C13H25N3O2. The second kappa shape index (κ2) is 7.36. The summed E-state index contributed by atoms with van der Waals surface area (Å²) in [5.74, 6) is -0.141. The Morgan fingerprint density at radius 2 is 2.22 bits per heavy atom. The van der Waals surface area contributed by atoms with Crippen LogP contribution in [0.5, 0.6) is 0 Å². The molecule has 2 amide bonds. The van der Waals surface area contributed by atoms with Crippen LogP contribution in [0.25, 0.3) is 0 Å². The van der Waals surface area contributed by atoms with Crippen LogP contribution < -0.4 is 16.4 Å². The van der Waals surface area contributed by atoms with E-state index in [1.165, 1.54) is 0 Å². The van der Waals surface area contributed by atoms with Crippen molar-refractivity contribution in [3.63, 3.8) is 0 Å². The van der Waals surface area contributed by atoms with Gasteiger partial charge in [-0.05, 0) is 32.6 Å². The highest BCUT2D eigenvalue weighted by Gasteiger charge is 2.25. The maximum atomic E-state index is 11.9. The number of carbonyl (C=O) groups excluding carboxylic acids is 2. The van der Waals surface area contributed by atoms with Crippen molar-refractivity contribution in [1.82, 2.24) is 10.6 Å². The van der Waals surface area contributed by atoms with Gasteiger partial charge < -0.3 is 16.4 Å². The van der Waals surface area contributed by atoms with Crippen LogP contribution in [0.1, 0.15) is 46.0 Å². The highest BCUT2D eigenvalue weighted by atomic mass is 16.2. The first-order chi connectivity index (χ1) is 8.50. The van der Waals surface area contributed by atoms with Crippen molar-refractivity contribution in [3.8, 4) is 0 Å². The smallest absolute Gasteiger partial charge is 0.242 e. The maximum Gasteiger partial charge on any atom is 0.242 e. The van der Waals surface area contributed by atoms with Crippen molar-refractivity contribution in [2.75, 3.05) is 6.54 Å². The number of hydrogen-bond donors (Lipinski definition) is 3. The molecule has 1 fully saturated rings. The molecule has 1 aliphatic rings. The van der Waals surface area contributed by atoms with Gasteiger partial charge in [0.2, 0.25) is 11.8 Å². The Morgan fingerprint density at radius 3 is 2.83 bits per heavy atom. The summed E-state index contributed by atoms with van der Waals surface area (Å²) in [5, 5.41) is 5.59. The van der Waals surface area contributed by atoms with Gasteiger partial charge >= 0.3 is 0 Å². The van der Waals surface area contributed by atoms with E-state index in [0.717, 1.165) is 38.6 Å². The molecule has 104 valence electrons. The van der Waals surface area contributed by atoms with Crippen molar-refractivity contribution < 1.29 is 9.59 Å². The Hall–Kier alpha value is -1.10. The van der Waals surface area contributed by atoms with Gasteiger partial charge in [-0.1, -0.05) is 13.3 Å². The van der Waals surface area contributed by atoms with Gasteiger partial charge in [-0.2, -0.15) is 0 Å². The highest BCUT2D eigenvalue weighted by Crippen LogP contribution is 2.11. The van der Waals surface area contributed by atoms with Gasteiger partial charge in [-0.3, -0.25) is 9.59 Å². The van der Waals surface area contributed by atoms with E-state index in [1.807, 2.05) is 13.8 Å². The number of hydrogen-bond acceptors (Lipinski definition) is 3. The van der Waals surface area contributed by atoms with Crippen LogP contribution in [0.3, 0.4) is 0 Å². The molecule has 18 heavy (non-hydrogen) atoms. The third-order valence-electron chi connectivity index (χ3n) is 3.35. The third kappa shape index (κ3) is 5.04. The lowest BCUT2D eigenvalue weighted by molar-refractivity contribution is -0.131. The largest absolute Gasteiger partial charge is 0.354 e. The topological polar surface area (TPSA) is 84.2 Å². The minimum Gasteiger partial charge on any atom is -0.354 e. The predicted octanol–water partition coefficient (Wildman–Crippen LogP) is 0.535. The molecular weight excluding hydrogens is 230 g/mol. The fourth-order valence-corrected chi connectivity index (χ4v) is 2.10. The quantitative estimate of drug-likeness (QED) is 0.647. The van der Waals surface area contributed by atoms with E-state index in [-0.39, 0.29) is 29.8 Å². The van der Waals surface area contributed by atoms with Crippen LogP contribution in [0.4, 0.5) is 0 Å². The molecule has 0 aromatic heterocycles. The van der Waals surface area contributed by atoms with Gasteiger partial charge in [0.1, 0.15) is 6.04 Å². The summed E-state index contributed by atoms with van der Waals surface area (Å²) in [4.78, 5) is 23.4. The number of nitrogens with one attached hydrogen (secondary N) is 2. The molecule has 5 heteroatoms. The Kier molecular flexibility index (Phi) is 6.12. The molecule has 1 aliphatic heterocycles. The lowest BCUT2D eigenvalue weighted by atomic mass is 10.00. The highest BCUT2D eigenvalue weighted by molar-refractivity contribution is 5.88. The molecule has 1 heterocycles. The standard InChI is InChI=1S/C13H25N3O2/c1-9(5-3-6-10(2)14)12(17)16-11-7-4-8-15-13(11)18/h9-11H,3-8,14H2,1-2H3,(H,15,18)(H,16,17). The Bertz CT molecular complexity index is 292. The van der Waals surface area contributed by atoms with Gasteiger partial charge in [-0.25, -0.2) is 0 Å². The van der Waals surface area contributed by atoms with Gasteiger partial charge in [0.25, 0.3) is 0 Å². The zero-order chi connectivity index (χ0) is 13.5. The van der Waals surface area contributed by atoms with Crippen LogP contribution in [-0.2, 0) is 9.59 Å². The molecule has 3 unspecified atom stereocenters. The van der Waals surface area contributed by atoms with E-state index < -0.39 is 0 Å². The van der Waals surface area contributed by atoms with E-state index in [9.17, 15) is 9.59 Å². The Labute approximate surface area is 109 Å². The molecule has 1 rings (SSSR count). The van der Waals surface area contributed by atoms with Crippen molar-refractivity contribution in [3.05, 3.63) is 0 Å². The van der Waals surface area contributed by atoms with Gasteiger partial charge in [-0.15, -0.1) is 0 Å². The zero-order valence-electron chi connectivity index (χ0n) is 11.4. The van der Waals surface area contributed by atoms with Gasteiger partial charge in [0.05, 0.1) is 0 Å². The van der Waals surface area contributed by atoms with E-state index >= 15 is 0 Å². The summed E-state index contributed by atoms with van der Waals surface area (Å²) in [7, 11) is 0. The van der Waals surface area contributed by atoms with Crippen LogP contribution in [-0.4, -0.2) is 30.4 Å². The first kappa shape index (κ1) is 15.0. The SMILES string of the molecule is CC(N)CCCC(C)C(=O)NC1CCCNC1=O. The van der Waals surface area contributed by atoms with E-state index in [1.54, 1.807) is 0 Å². The molecule has 0 bridgehead atoms. The molecule has 0 aromatic carbocycles. The summed E-state index contributed by atoms with van der Waals surface area (Å²) < 4.78 is 0. The Balaban J connectivity index is 2.28. The Morgan fingerprint density at radius 1 is 1.50 bits per heavy atom. The number of rotatable bonds is 6. The second-order valence-corrected chi connectivity index (χ2v) is 5.30. The van der Waals surface area contributed by atoms with Crippen molar-refractivity contribution in [1.29, 1.82) is 0 Å².